The maximum atomic E-state index is 13.0. The number of rotatable bonds is 4. The molecule has 0 atom stereocenters. The van der Waals surface area contributed by atoms with Crippen LogP contribution in [0.15, 0.2) is 56.8 Å². The van der Waals surface area contributed by atoms with Crippen LogP contribution < -0.4 is 10.1 Å². The van der Waals surface area contributed by atoms with Crippen LogP contribution in [0.1, 0.15) is 5.56 Å². The lowest BCUT2D eigenvalue weighted by Crippen LogP contribution is -2.19. The van der Waals surface area contributed by atoms with Crippen LogP contribution in [0.25, 0.3) is 6.08 Å². The SMILES string of the molecule is C#CCOc1ccc(Br)cc1/C=C1\SC(=Nc2ccc(F)cc2)NC1=O. The summed E-state index contributed by atoms with van der Waals surface area (Å²) in [5.41, 5.74) is 1.27. The number of carbonyl (C=O) groups is 1. The first kappa shape index (κ1) is 18.2. The molecule has 0 aromatic heterocycles. The summed E-state index contributed by atoms with van der Waals surface area (Å²) in [6, 6.07) is 11.1. The molecule has 1 aliphatic rings. The van der Waals surface area contributed by atoms with Gasteiger partial charge in [-0.15, -0.1) is 6.42 Å². The van der Waals surface area contributed by atoms with E-state index in [2.05, 4.69) is 32.2 Å². The second kappa shape index (κ2) is 8.21. The Labute approximate surface area is 162 Å². The lowest BCUT2D eigenvalue weighted by atomic mass is 10.2. The summed E-state index contributed by atoms with van der Waals surface area (Å²) < 4.78 is 19.3. The maximum absolute atomic E-state index is 13.0. The van der Waals surface area contributed by atoms with Gasteiger partial charge < -0.3 is 10.1 Å². The van der Waals surface area contributed by atoms with Crippen molar-refractivity contribution < 1.29 is 13.9 Å². The number of terminal acetylenes is 1. The van der Waals surface area contributed by atoms with Crippen molar-refractivity contribution in [3.8, 4) is 18.1 Å². The molecule has 1 aliphatic heterocycles. The first-order valence-electron chi connectivity index (χ1n) is 7.46. The highest BCUT2D eigenvalue weighted by atomic mass is 79.9. The highest BCUT2D eigenvalue weighted by molar-refractivity contribution is 9.10. The molecule has 3 rings (SSSR count). The van der Waals surface area contributed by atoms with E-state index in [1.54, 1.807) is 12.1 Å². The summed E-state index contributed by atoms with van der Waals surface area (Å²) in [7, 11) is 0. The maximum Gasteiger partial charge on any atom is 0.264 e. The zero-order valence-electron chi connectivity index (χ0n) is 13.3. The van der Waals surface area contributed by atoms with E-state index in [-0.39, 0.29) is 18.3 Å². The van der Waals surface area contributed by atoms with Crippen LogP contribution >= 0.6 is 27.7 Å². The first-order chi connectivity index (χ1) is 12.5. The topological polar surface area (TPSA) is 50.7 Å². The van der Waals surface area contributed by atoms with Crippen molar-refractivity contribution in [2.45, 2.75) is 0 Å². The molecular weight excluding hydrogens is 419 g/mol. The molecule has 0 bridgehead atoms. The number of amidine groups is 1. The number of amides is 1. The Morgan fingerprint density at radius 3 is 2.81 bits per heavy atom. The average Bonchev–Trinajstić information content (AvgIpc) is 2.95. The van der Waals surface area contributed by atoms with E-state index in [1.807, 2.05) is 12.1 Å². The quantitative estimate of drug-likeness (QED) is 0.574. The number of ether oxygens (including phenoxy) is 1. The standard InChI is InChI=1S/C19H12BrFN2O2S/c1-2-9-25-16-8-3-13(20)10-12(16)11-17-18(24)23-19(26-17)22-15-6-4-14(21)5-7-15/h1,3-8,10-11H,9H2,(H,22,23,24)/b17-11-. The molecule has 1 amide bonds. The highest BCUT2D eigenvalue weighted by Crippen LogP contribution is 2.32. The molecular formula is C19H12BrFN2O2S. The van der Waals surface area contributed by atoms with Gasteiger partial charge in [0.1, 0.15) is 18.2 Å². The molecule has 2 aromatic carbocycles. The molecule has 0 spiro atoms. The van der Waals surface area contributed by atoms with Gasteiger partial charge in [0.25, 0.3) is 5.91 Å². The van der Waals surface area contributed by atoms with Gasteiger partial charge in [-0.1, -0.05) is 21.9 Å². The van der Waals surface area contributed by atoms with Gasteiger partial charge in [0.2, 0.25) is 0 Å². The van der Waals surface area contributed by atoms with E-state index < -0.39 is 0 Å². The van der Waals surface area contributed by atoms with Crippen LogP contribution in [0.4, 0.5) is 10.1 Å². The fourth-order valence-electron chi connectivity index (χ4n) is 2.14. The minimum atomic E-state index is -0.341. The summed E-state index contributed by atoms with van der Waals surface area (Å²) in [5, 5.41) is 3.12. The van der Waals surface area contributed by atoms with E-state index in [9.17, 15) is 9.18 Å². The Morgan fingerprint density at radius 1 is 1.31 bits per heavy atom. The van der Waals surface area contributed by atoms with Crippen molar-refractivity contribution in [2.24, 2.45) is 4.99 Å². The summed E-state index contributed by atoms with van der Waals surface area (Å²) >= 11 is 4.60. The molecule has 0 aliphatic carbocycles. The largest absolute Gasteiger partial charge is 0.480 e. The fraction of sp³-hybridized carbons (Fsp3) is 0.0526. The number of nitrogens with one attached hydrogen (secondary N) is 1. The van der Waals surface area contributed by atoms with Gasteiger partial charge in [0, 0.05) is 10.0 Å². The number of carbonyl (C=O) groups excluding carboxylic acids is 1. The van der Waals surface area contributed by atoms with Gasteiger partial charge in [-0.05, 0) is 60.3 Å². The van der Waals surface area contributed by atoms with Gasteiger partial charge in [0.15, 0.2) is 5.17 Å². The molecule has 1 fully saturated rings. The van der Waals surface area contributed by atoms with Crippen LogP contribution in [-0.4, -0.2) is 17.7 Å². The minimum absolute atomic E-state index is 0.133. The predicted molar refractivity (Wildman–Crippen MR) is 106 cm³/mol. The molecule has 26 heavy (non-hydrogen) atoms. The molecule has 1 heterocycles. The molecule has 2 aromatic rings. The number of benzene rings is 2. The molecule has 0 saturated carbocycles. The summed E-state index contributed by atoms with van der Waals surface area (Å²) in [5.74, 6) is 2.39. The van der Waals surface area contributed by atoms with Gasteiger partial charge in [-0.3, -0.25) is 4.79 Å². The van der Waals surface area contributed by atoms with E-state index in [4.69, 9.17) is 11.2 Å². The number of hydrogen-bond acceptors (Lipinski definition) is 4. The normalized spacial score (nSPS) is 16.6. The Hall–Kier alpha value is -2.56. The van der Waals surface area contributed by atoms with Crippen molar-refractivity contribution in [3.63, 3.8) is 0 Å². The van der Waals surface area contributed by atoms with E-state index in [1.165, 1.54) is 36.0 Å². The number of hydrogen-bond donors (Lipinski definition) is 1. The Kier molecular flexibility index (Phi) is 5.76. The third-order valence-corrected chi connectivity index (χ3v) is 4.68. The van der Waals surface area contributed by atoms with Crippen molar-refractivity contribution >= 4 is 50.5 Å². The lowest BCUT2D eigenvalue weighted by Gasteiger charge is -2.07. The summed E-state index contributed by atoms with van der Waals surface area (Å²) in [4.78, 5) is 17.0. The van der Waals surface area contributed by atoms with Gasteiger partial charge in [-0.2, -0.15) is 0 Å². The molecule has 130 valence electrons. The highest BCUT2D eigenvalue weighted by Gasteiger charge is 2.24. The van der Waals surface area contributed by atoms with Crippen molar-refractivity contribution in [2.75, 3.05) is 6.61 Å². The molecule has 0 unspecified atom stereocenters. The van der Waals surface area contributed by atoms with Gasteiger partial charge >= 0.3 is 0 Å². The number of nitrogens with zero attached hydrogens (tertiary/aromatic N) is 1. The van der Waals surface area contributed by atoms with Crippen LogP contribution in [0.2, 0.25) is 0 Å². The number of halogens is 2. The predicted octanol–water partition coefficient (Wildman–Crippen LogP) is 4.49. The molecule has 1 saturated heterocycles. The van der Waals surface area contributed by atoms with E-state index >= 15 is 0 Å². The van der Waals surface area contributed by atoms with Gasteiger partial charge in [0.05, 0.1) is 10.6 Å². The second-order valence-corrected chi connectivity index (χ2v) is 7.08. The van der Waals surface area contributed by atoms with Gasteiger partial charge in [-0.25, -0.2) is 9.38 Å². The Bertz CT molecular complexity index is 949. The average molecular weight is 431 g/mol. The molecule has 1 N–H and O–H groups in total. The summed E-state index contributed by atoms with van der Waals surface area (Å²) in [6.07, 6.45) is 6.95. The van der Waals surface area contributed by atoms with Crippen LogP contribution in [0, 0.1) is 18.2 Å². The second-order valence-electron chi connectivity index (χ2n) is 5.13. The van der Waals surface area contributed by atoms with Crippen molar-refractivity contribution in [1.82, 2.24) is 5.32 Å². The van der Waals surface area contributed by atoms with E-state index in [0.717, 1.165) is 10.0 Å². The monoisotopic (exact) mass is 430 g/mol. The molecule has 4 nitrogen and oxygen atoms in total. The molecule has 7 heteroatoms. The smallest absolute Gasteiger partial charge is 0.264 e. The minimum Gasteiger partial charge on any atom is -0.480 e. The zero-order chi connectivity index (χ0) is 18.5. The van der Waals surface area contributed by atoms with Crippen LogP contribution in [0.5, 0.6) is 5.75 Å². The van der Waals surface area contributed by atoms with Crippen molar-refractivity contribution in [1.29, 1.82) is 0 Å². The lowest BCUT2D eigenvalue weighted by molar-refractivity contribution is -0.115. The van der Waals surface area contributed by atoms with E-state index in [0.29, 0.717) is 21.5 Å². The number of aliphatic imine (C=N–C) groups is 1. The first-order valence-corrected chi connectivity index (χ1v) is 9.07. The Balaban J connectivity index is 1.86. The van der Waals surface area contributed by atoms with Crippen LogP contribution in [0.3, 0.4) is 0 Å². The fourth-order valence-corrected chi connectivity index (χ4v) is 3.35. The third-order valence-electron chi connectivity index (χ3n) is 3.28. The Morgan fingerprint density at radius 2 is 2.08 bits per heavy atom. The zero-order valence-corrected chi connectivity index (χ0v) is 15.7. The third kappa shape index (κ3) is 4.54. The van der Waals surface area contributed by atoms with Crippen molar-refractivity contribution in [3.05, 3.63) is 63.2 Å². The summed E-state index contributed by atoms with van der Waals surface area (Å²) in [6.45, 7) is 0.133. The number of thioether (sulfide) groups is 1. The van der Waals surface area contributed by atoms with Crippen LogP contribution in [-0.2, 0) is 4.79 Å². The molecule has 0 radical (unpaired) electrons.